The van der Waals surface area contributed by atoms with Crippen LogP contribution in [-0.2, 0) is 19.5 Å². The number of aliphatic imine (C=N–C) groups is 1. The van der Waals surface area contributed by atoms with Crippen LogP contribution in [-0.4, -0.2) is 66.5 Å². The molecule has 1 fully saturated rings. The van der Waals surface area contributed by atoms with E-state index in [1.54, 1.807) is 12.1 Å². The van der Waals surface area contributed by atoms with Crippen LogP contribution in [0, 0.1) is 0 Å². The molecule has 1 aliphatic heterocycles. The molecule has 1 aromatic carbocycles. The van der Waals surface area contributed by atoms with Crippen molar-refractivity contribution in [1.82, 2.24) is 15.4 Å². The number of hydrogen-bond donors (Lipinski definition) is 3. The first-order chi connectivity index (χ1) is 13.5. The number of ether oxygens (including phenoxy) is 2. The van der Waals surface area contributed by atoms with Crippen LogP contribution >= 0.6 is 35.6 Å². The summed E-state index contributed by atoms with van der Waals surface area (Å²) >= 11 is 5.85. The van der Waals surface area contributed by atoms with Crippen molar-refractivity contribution in [3.8, 4) is 0 Å². The monoisotopic (exact) mass is 560 g/mol. The van der Waals surface area contributed by atoms with Crippen molar-refractivity contribution < 1.29 is 17.9 Å². The maximum absolute atomic E-state index is 12.2. The van der Waals surface area contributed by atoms with Gasteiger partial charge in [0.05, 0.1) is 17.6 Å². The summed E-state index contributed by atoms with van der Waals surface area (Å²) in [5.41, 5.74) is 0. The summed E-state index contributed by atoms with van der Waals surface area (Å²) in [7, 11) is -3.59. The highest BCUT2D eigenvalue weighted by Crippen LogP contribution is 2.14. The Balaban J connectivity index is 0.00000420. The van der Waals surface area contributed by atoms with Gasteiger partial charge in [-0.3, -0.25) is 4.99 Å². The SMILES string of the molecule is CCNC(=NCCCOC1CCOC1)NCCNS(=O)(=O)c1cccc(Cl)c1.I. The fourth-order valence-corrected chi connectivity index (χ4v) is 3.91. The zero-order valence-corrected chi connectivity index (χ0v) is 20.4. The molecule has 2 rings (SSSR count). The van der Waals surface area contributed by atoms with Crippen LogP contribution in [0.15, 0.2) is 34.2 Å². The van der Waals surface area contributed by atoms with Gasteiger partial charge in [-0.25, -0.2) is 13.1 Å². The average molecular weight is 561 g/mol. The van der Waals surface area contributed by atoms with Gasteiger partial charge in [-0.1, -0.05) is 17.7 Å². The van der Waals surface area contributed by atoms with Crippen LogP contribution in [0.3, 0.4) is 0 Å². The zero-order chi connectivity index (χ0) is 20.2. The molecule has 1 aliphatic rings. The first-order valence-electron chi connectivity index (χ1n) is 9.48. The van der Waals surface area contributed by atoms with Crippen LogP contribution in [0.25, 0.3) is 0 Å². The molecule has 1 aromatic rings. The summed E-state index contributed by atoms with van der Waals surface area (Å²) in [6.45, 7) is 6.05. The lowest BCUT2D eigenvalue weighted by Gasteiger charge is -2.12. The van der Waals surface area contributed by atoms with Crippen molar-refractivity contribution in [2.24, 2.45) is 4.99 Å². The van der Waals surface area contributed by atoms with Gasteiger partial charge in [0.15, 0.2) is 5.96 Å². The number of nitrogens with one attached hydrogen (secondary N) is 3. The molecule has 1 atom stereocenters. The Morgan fingerprint density at radius 2 is 2.17 bits per heavy atom. The van der Waals surface area contributed by atoms with Crippen LogP contribution in [0.1, 0.15) is 19.8 Å². The summed E-state index contributed by atoms with van der Waals surface area (Å²) in [6, 6.07) is 6.16. The van der Waals surface area contributed by atoms with E-state index in [1.165, 1.54) is 12.1 Å². The molecule has 0 aromatic heterocycles. The van der Waals surface area contributed by atoms with E-state index in [1.807, 2.05) is 6.92 Å². The van der Waals surface area contributed by atoms with Gasteiger partial charge in [0.2, 0.25) is 10.0 Å². The summed E-state index contributed by atoms with van der Waals surface area (Å²) in [5.74, 6) is 0.647. The maximum atomic E-state index is 12.2. The fourth-order valence-electron chi connectivity index (χ4n) is 2.58. The molecular weight excluding hydrogens is 531 g/mol. The van der Waals surface area contributed by atoms with Crippen LogP contribution in [0.4, 0.5) is 0 Å². The quantitative estimate of drug-likeness (QED) is 0.166. The third kappa shape index (κ3) is 10.3. The summed E-state index contributed by atoms with van der Waals surface area (Å²) in [4.78, 5) is 4.62. The molecule has 1 heterocycles. The number of hydrogen-bond acceptors (Lipinski definition) is 5. The first-order valence-corrected chi connectivity index (χ1v) is 11.3. The molecule has 0 radical (unpaired) electrons. The lowest BCUT2D eigenvalue weighted by atomic mass is 10.3. The van der Waals surface area contributed by atoms with E-state index in [4.69, 9.17) is 21.1 Å². The third-order valence-corrected chi connectivity index (χ3v) is 5.67. The third-order valence-electron chi connectivity index (χ3n) is 3.97. The van der Waals surface area contributed by atoms with Gasteiger partial charge in [0.25, 0.3) is 0 Å². The van der Waals surface area contributed by atoms with Crippen molar-refractivity contribution in [2.75, 3.05) is 46.0 Å². The summed E-state index contributed by atoms with van der Waals surface area (Å²) < 4.78 is 38.0. The lowest BCUT2D eigenvalue weighted by Crippen LogP contribution is -2.41. The maximum Gasteiger partial charge on any atom is 0.240 e. The summed E-state index contributed by atoms with van der Waals surface area (Å²) in [5, 5.41) is 6.63. The van der Waals surface area contributed by atoms with Gasteiger partial charge in [-0.05, 0) is 38.0 Å². The van der Waals surface area contributed by atoms with Gasteiger partial charge >= 0.3 is 0 Å². The second-order valence-electron chi connectivity index (χ2n) is 6.25. The van der Waals surface area contributed by atoms with E-state index >= 15 is 0 Å². The molecule has 0 aliphatic carbocycles. The first kappa shape index (κ1) is 26.4. The molecule has 11 heteroatoms. The number of sulfonamides is 1. The Morgan fingerprint density at radius 3 is 2.86 bits per heavy atom. The van der Waals surface area contributed by atoms with Crippen LogP contribution < -0.4 is 15.4 Å². The van der Waals surface area contributed by atoms with Crippen molar-refractivity contribution in [3.05, 3.63) is 29.3 Å². The number of halogens is 2. The van der Waals surface area contributed by atoms with Crippen molar-refractivity contribution in [2.45, 2.75) is 30.8 Å². The van der Waals surface area contributed by atoms with E-state index in [-0.39, 0.29) is 41.5 Å². The lowest BCUT2D eigenvalue weighted by molar-refractivity contribution is 0.0424. The largest absolute Gasteiger partial charge is 0.379 e. The number of nitrogens with zero attached hydrogens (tertiary/aromatic N) is 1. The molecule has 166 valence electrons. The molecule has 8 nitrogen and oxygen atoms in total. The Bertz CT molecular complexity index is 730. The topological polar surface area (TPSA) is 101 Å². The molecule has 0 saturated carbocycles. The van der Waals surface area contributed by atoms with Crippen molar-refractivity contribution >= 4 is 51.6 Å². The number of rotatable bonds is 11. The van der Waals surface area contributed by atoms with Gasteiger partial charge in [-0.2, -0.15) is 0 Å². The van der Waals surface area contributed by atoms with E-state index < -0.39 is 10.0 Å². The van der Waals surface area contributed by atoms with E-state index in [0.717, 1.165) is 26.0 Å². The van der Waals surface area contributed by atoms with Gasteiger partial charge in [0.1, 0.15) is 0 Å². The Hall–Kier alpha value is -0.660. The minimum atomic E-state index is -3.59. The molecule has 1 unspecified atom stereocenters. The number of guanidine groups is 1. The predicted octanol–water partition coefficient (Wildman–Crippen LogP) is 1.99. The average Bonchev–Trinajstić information content (AvgIpc) is 3.18. The molecule has 0 amide bonds. The summed E-state index contributed by atoms with van der Waals surface area (Å²) in [6.07, 6.45) is 1.98. The van der Waals surface area contributed by atoms with Crippen LogP contribution in [0.2, 0.25) is 5.02 Å². The van der Waals surface area contributed by atoms with Gasteiger partial charge in [0, 0.05) is 44.4 Å². The van der Waals surface area contributed by atoms with E-state index in [2.05, 4.69) is 20.3 Å². The smallest absolute Gasteiger partial charge is 0.240 e. The minimum absolute atomic E-state index is 0. The molecule has 29 heavy (non-hydrogen) atoms. The molecule has 3 N–H and O–H groups in total. The highest BCUT2D eigenvalue weighted by atomic mass is 127. The predicted molar refractivity (Wildman–Crippen MR) is 126 cm³/mol. The van der Waals surface area contributed by atoms with Gasteiger partial charge < -0.3 is 20.1 Å². The Labute approximate surface area is 195 Å². The van der Waals surface area contributed by atoms with Crippen molar-refractivity contribution in [3.63, 3.8) is 0 Å². The number of benzene rings is 1. The highest BCUT2D eigenvalue weighted by Gasteiger charge is 2.15. The molecular formula is C18H30ClIN4O4S. The second-order valence-corrected chi connectivity index (χ2v) is 8.46. The van der Waals surface area contributed by atoms with Crippen LogP contribution in [0.5, 0.6) is 0 Å². The molecule has 1 saturated heterocycles. The van der Waals surface area contributed by atoms with E-state index in [9.17, 15) is 8.42 Å². The second kappa shape index (κ2) is 14.4. The Kier molecular flexibility index (Phi) is 13.1. The molecule has 0 spiro atoms. The van der Waals surface area contributed by atoms with Crippen molar-refractivity contribution in [1.29, 1.82) is 0 Å². The van der Waals surface area contributed by atoms with Gasteiger partial charge in [-0.15, -0.1) is 24.0 Å². The molecule has 0 bridgehead atoms. The standard InChI is InChI=1S/C18H29ClN4O4S.HI/c1-2-20-18(21-8-4-11-27-16-7-12-26-14-16)22-9-10-23-28(24,25)17-6-3-5-15(19)13-17;/h3,5-6,13,16,23H,2,4,7-12,14H2,1H3,(H2,20,21,22);1H. The highest BCUT2D eigenvalue weighted by molar-refractivity contribution is 14.0. The fraction of sp³-hybridized carbons (Fsp3) is 0.611. The minimum Gasteiger partial charge on any atom is -0.379 e. The normalized spacial score (nSPS) is 17.0. The Morgan fingerprint density at radius 1 is 1.34 bits per heavy atom. The zero-order valence-electron chi connectivity index (χ0n) is 16.5. The van der Waals surface area contributed by atoms with E-state index in [0.29, 0.717) is 37.3 Å².